The van der Waals surface area contributed by atoms with Gasteiger partial charge in [-0.25, -0.2) is 8.78 Å². The molecule has 110 valence electrons. The Morgan fingerprint density at radius 3 is 2.16 bits per heavy atom. The van der Waals surface area contributed by atoms with Crippen molar-refractivity contribution in [2.45, 2.75) is 70.1 Å². The minimum Gasteiger partial charge on any atom is -0.481 e. The van der Waals surface area contributed by atoms with Crippen LogP contribution in [-0.4, -0.2) is 17.0 Å². The summed E-state index contributed by atoms with van der Waals surface area (Å²) < 4.78 is 26.9. The zero-order chi connectivity index (χ0) is 13.9. The third-order valence-corrected chi connectivity index (χ3v) is 4.95. The summed E-state index contributed by atoms with van der Waals surface area (Å²) in [6.45, 7) is 0. The van der Waals surface area contributed by atoms with Crippen LogP contribution >= 0.6 is 0 Å². The van der Waals surface area contributed by atoms with Crippen molar-refractivity contribution < 1.29 is 18.7 Å². The van der Waals surface area contributed by atoms with E-state index in [2.05, 4.69) is 0 Å². The Balaban J connectivity index is 2.05. The van der Waals surface area contributed by atoms with Gasteiger partial charge in [-0.05, 0) is 18.3 Å². The topological polar surface area (TPSA) is 37.3 Å². The minimum absolute atomic E-state index is 0.0322. The Bertz CT molecular complexity index is 309. The first-order valence-electron chi connectivity index (χ1n) is 7.60. The van der Waals surface area contributed by atoms with Crippen molar-refractivity contribution in [1.29, 1.82) is 0 Å². The molecule has 4 heteroatoms. The lowest BCUT2D eigenvalue weighted by atomic mass is 9.68. The molecule has 0 radical (unpaired) electrons. The molecule has 0 spiro atoms. The number of halogens is 2. The lowest BCUT2D eigenvalue weighted by Crippen LogP contribution is -2.40. The summed E-state index contributed by atoms with van der Waals surface area (Å²) in [5.41, 5.74) is 0. The van der Waals surface area contributed by atoms with Crippen molar-refractivity contribution in [2.24, 2.45) is 17.8 Å². The van der Waals surface area contributed by atoms with Crippen molar-refractivity contribution in [2.75, 3.05) is 0 Å². The predicted octanol–water partition coefficient (Wildman–Crippen LogP) is 4.48. The molecule has 0 saturated heterocycles. The van der Waals surface area contributed by atoms with Gasteiger partial charge in [-0.1, -0.05) is 44.9 Å². The van der Waals surface area contributed by atoms with E-state index in [-0.39, 0.29) is 12.3 Å². The first-order valence-corrected chi connectivity index (χ1v) is 7.60. The van der Waals surface area contributed by atoms with Crippen molar-refractivity contribution in [3.8, 4) is 0 Å². The highest BCUT2D eigenvalue weighted by Crippen LogP contribution is 2.46. The Labute approximate surface area is 113 Å². The zero-order valence-corrected chi connectivity index (χ0v) is 11.4. The van der Waals surface area contributed by atoms with E-state index in [1.54, 1.807) is 0 Å². The van der Waals surface area contributed by atoms with Gasteiger partial charge in [-0.3, -0.25) is 4.79 Å². The number of hydrogen-bond acceptors (Lipinski definition) is 1. The van der Waals surface area contributed by atoms with Gasteiger partial charge in [0.2, 0.25) is 5.92 Å². The lowest BCUT2D eigenvalue weighted by molar-refractivity contribution is -0.155. The number of carbonyl (C=O) groups is 1. The molecule has 2 rings (SSSR count). The average molecular weight is 274 g/mol. The number of alkyl halides is 2. The first-order chi connectivity index (χ1) is 8.99. The molecule has 0 aromatic heterocycles. The van der Waals surface area contributed by atoms with Gasteiger partial charge in [-0.15, -0.1) is 0 Å². The van der Waals surface area contributed by atoms with Crippen LogP contribution in [-0.2, 0) is 4.79 Å². The maximum Gasteiger partial charge on any atom is 0.307 e. The molecule has 0 heterocycles. The summed E-state index contributed by atoms with van der Waals surface area (Å²) in [6, 6.07) is 0. The number of carboxylic acids is 1. The van der Waals surface area contributed by atoms with Crippen LogP contribution in [0.5, 0.6) is 0 Å². The molecular formula is C15H24F2O2. The van der Waals surface area contributed by atoms with Crippen LogP contribution in [0.1, 0.15) is 64.2 Å². The fraction of sp³-hybridized carbons (Fsp3) is 0.933. The van der Waals surface area contributed by atoms with E-state index in [4.69, 9.17) is 0 Å². The Morgan fingerprint density at radius 1 is 1.00 bits per heavy atom. The van der Waals surface area contributed by atoms with E-state index in [1.807, 2.05) is 0 Å². The largest absolute Gasteiger partial charge is 0.481 e. The maximum absolute atomic E-state index is 13.4. The van der Waals surface area contributed by atoms with Gasteiger partial charge in [0.1, 0.15) is 0 Å². The predicted molar refractivity (Wildman–Crippen MR) is 69.2 cm³/mol. The second kappa shape index (κ2) is 6.19. The monoisotopic (exact) mass is 274 g/mol. The molecule has 2 aliphatic rings. The molecule has 0 aromatic carbocycles. The molecule has 0 amide bonds. The zero-order valence-electron chi connectivity index (χ0n) is 11.4. The molecule has 2 saturated carbocycles. The average Bonchev–Trinajstić information content (AvgIpc) is 2.28. The van der Waals surface area contributed by atoms with Crippen molar-refractivity contribution in [3.05, 3.63) is 0 Å². The molecule has 19 heavy (non-hydrogen) atoms. The van der Waals surface area contributed by atoms with Crippen molar-refractivity contribution >= 4 is 5.97 Å². The van der Waals surface area contributed by atoms with E-state index in [0.29, 0.717) is 12.3 Å². The van der Waals surface area contributed by atoms with Crippen LogP contribution in [0.25, 0.3) is 0 Å². The van der Waals surface area contributed by atoms with Crippen LogP contribution < -0.4 is 0 Å². The summed E-state index contributed by atoms with van der Waals surface area (Å²) in [7, 11) is 0. The highest BCUT2D eigenvalue weighted by atomic mass is 19.3. The molecule has 2 unspecified atom stereocenters. The number of rotatable bonds is 2. The molecule has 2 aliphatic carbocycles. The first kappa shape index (κ1) is 14.7. The highest BCUT2D eigenvalue weighted by molar-refractivity contribution is 5.70. The Morgan fingerprint density at radius 2 is 1.58 bits per heavy atom. The fourth-order valence-electron chi connectivity index (χ4n) is 3.90. The number of hydrogen-bond donors (Lipinski definition) is 1. The highest BCUT2D eigenvalue weighted by Gasteiger charge is 2.46. The third kappa shape index (κ3) is 3.90. The van der Waals surface area contributed by atoms with E-state index < -0.39 is 24.2 Å². The van der Waals surface area contributed by atoms with E-state index in [1.165, 1.54) is 19.3 Å². The van der Waals surface area contributed by atoms with Crippen LogP contribution in [0.3, 0.4) is 0 Å². The van der Waals surface area contributed by atoms with Gasteiger partial charge in [0.25, 0.3) is 0 Å². The summed E-state index contributed by atoms with van der Waals surface area (Å²) in [4.78, 5) is 11.3. The second-order valence-electron chi connectivity index (χ2n) is 6.31. The standard InChI is InChI=1S/C15H24F2O2/c16-15(17)9-8-12(13(10-15)14(18)19)11-6-4-2-1-3-5-7-11/h11-13H,1-10H2,(H,18,19). The van der Waals surface area contributed by atoms with E-state index >= 15 is 0 Å². The Hall–Kier alpha value is -0.670. The third-order valence-electron chi connectivity index (χ3n) is 4.95. The van der Waals surface area contributed by atoms with Gasteiger partial charge >= 0.3 is 5.97 Å². The molecule has 0 bridgehead atoms. The van der Waals surface area contributed by atoms with Gasteiger partial charge in [0.15, 0.2) is 0 Å². The van der Waals surface area contributed by atoms with E-state index in [0.717, 1.165) is 25.7 Å². The number of carboxylic acid groups (broad SMARTS) is 1. The molecule has 1 N–H and O–H groups in total. The maximum atomic E-state index is 13.4. The van der Waals surface area contributed by atoms with Gasteiger partial charge in [0, 0.05) is 12.8 Å². The van der Waals surface area contributed by atoms with Gasteiger partial charge < -0.3 is 5.11 Å². The van der Waals surface area contributed by atoms with Gasteiger partial charge in [-0.2, -0.15) is 0 Å². The van der Waals surface area contributed by atoms with Crippen LogP contribution in [0.4, 0.5) is 8.78 Å². The molecule has 0 aromatic rings. The Kier molecular flexibility index (Phi) is 4.80. The summed E-state index contributed by atoms with van der Waals surface area (Å²) in [6.07, 6.45) is 7.79. The summed E-state index contributed by atoms with van der Waals surface area (Å²) in [5.74, 6) is -4.33. The lowest BCUT2D eigenvalue weighted by Gasteiger charge is -2.39. The molecule has 2 fully saturated rings. The van der Waals surface area contributed by atoms with Crippen LogP contribution in [0.15, 0.2) is 0 Å². The van der Waals surface area contributed by atoms with Gasteiger partial charge in [0.05, 0.1) is 5.92 Å². The quantitative estimate of drug-likeness (QED) is 0.806. The number of aliphatic carboxylic acids is 1. The fourth-order valence-corrected chi connectivity index (χ4v) is 3.90. The van der Waals surface area contributed by atoms with E-state index in [9.17, 15) is 18.7 Å². The molecule has 0 aliphatic heterocycles. The normalized spacial score (nSPS) is 33.4. The van der Waals surface area contributed by atoms with Crippen molar-refractivity contribution in [1.82, 2.24) is 0 Å². The minimum atomic E-state index is -2.78. The SMILES string of the molecule is O=C(O)C1CC(F)(F)CCC1C1CCCCCCC1. The van der Waals surface area contributed by atoms with Crippen LogP contribution in [0, 0.1) is 17.8 Å². The van der Waals surface area contributed by atoms with Crippen molar-refractivity contribution in [3.63, 3.8) is 0 Å². The summed E-state index contributed by atoms with van der Waals surface area (Å²) >= 11 is 0. The molecule has 2 nitrogen and oxygen atoms in total. The molecular weight excluding hydrogens is 250 g/mol. The van der Waals surface area contributed by atoms with Crippen LogP contribution in [0.2, 0.25) is 0 Å². The molecule has 2 atom stereocenters. The second-order valence-corrected chi connectivity index (χ2v) is 6.31. The smallest absolute Gasteiger partial charge is 0.307 e. The summed E-state index contributed by atoms with van der Waals surface area (Å²) in [5, 5.41) is 9.26.